The Morgan fingerprint density at radius 1 is 1.50 bits per heavy atom. The highest BCUT2D eigenvalue weighted by Gasteiger charge is 2.24. The summed E-state index contributed by atoms with van der Waals surface area (Å²) in [6.07, 6.45) is -0.328. The van der Waals surface area contributed by atoms with Gasteiger partial charge < -0.3 is 10.8 Å². The molecule has 0 saturated carbocycles. The Labute approximate surface area is 106 Å². The number of anilines is 1. The highest BCUT2D eigenvalue weighted by atomic mass is 32.2. The monoisotopic (exact) mass is 276 g/mol. The third kappa shape index (κ3) is 3.41. The lowest BCUT2D eigenvalue weighted by molar-refractivity contribution is 0.177. The average molecular weight is 276 g/mol. The van der Waals surface area contributed by atoms with E-state index >= 15 is 0 Å². The number of nitrogen functional groups attached to an aromatic ring is 1. The van der Waals surface area contributed by atoms with Crippen molar-refractivity contribution in [3.05, 3.63) is 24.0 Å². The van der Waals surface area contributed by atoms with E-state index in [4.69, 9.17) is 10.8 Å². The third-order valence-electron chi connectivity index (χ3n) is 2.51. The molecule has 102 valence electrons. The molecule has 0 spiro atoms. The fourth-order valence-electron chi connectivity index (χ4n) is 1.38. The lowest BCUT2D eigenvalue weighted by Crippen LogP contribution is -2.30. The van der Waals surface area contributed by atoms with Gasteiger partial charge in [-0.25, -0.2) is 17.1 Å². The van der Waals surface area contributed by atoms with Crippen molar-refractivity contribution in [3.63, 3.8) is 0 Å². The molecule has 0 fully saturated rings. The molecule has 7 heteroatoms. The van der Waals surface area contributed by atoms with E-state index in [0.29, 0.717) is 0 Å². The van der Waals surface area contributed by atoms with Crippen LogP contribution in [-0.4, -0.2) is 37.5 Å². The summed E-state index contributed by atoms with van der Waals surface area (Å²) in [5.41, 5.74) is 5.53. The van der Waals surface area contributed by atoms with Crippen LogP contribution >= 0.6 is 0 Å². The van der Waals surface area contributed by atoms with Gasteiger partial charge in [0.05, 0.1) is 6.10 Å². The second-order valence-electron chi connectivity index (χ2n) is 4.15. The van der Waals surface area contributed by atoms with E-state index in [1.807, 2.05) is 0 Å². The van der Waals surface area contributed by atoms with Crippen molar-refractivity contribution in [2.45, 2.75) is 24.3 Å². The van der Waals surface area contributed by atoms with Gasteiger partial charge in [0.1, 0.15) is 10.7 Å². The second kappa shape index (κ2) is 5.64. The summed E-state index contributed by atoms with van der Waals surface area (Å²) >= 11 is 0. The number of nitrogens with two attached hydrogens (primary N) is 1. The van der Waals surface area contributed by atoms with Crippen LogP contribution in [0.1, 0.15) is 13.3 Å². The minimum atomic E-state index is -3.89. The molecule has 0 radical (unpaired) electrons. The van der Waals surface area contributed by atoms with E-state index in [0.717, 1.165) is 16.4 Å². The molecule has 0 saturated heterocycles. The first-order valence-electron chi connectivity index (χ1n) is 5.44. The number of aliphatic hydroxyl groups is 1. The van der Waals surface area contributed by atoms with E-state index in [2.05, 4.69) is 0 Å². The molecule has 1 unspecified atom stereocenters. The molecule has 3 N–H and O–H groups in total. The van der Waals surface area contributed by atoms with Crippen LogP contribution in [0.4, 0.5) is 10.1 Å². The molecule has 0 aliphatic heterocycles. The summed E-state index contributed by atoms with van der Waals surface area (Å²) in [6.45, 7) is 1.67. The van der Waals surface area contributed by atoms with Crippen molar-refractivity contribution in [1.29, 1.82) is 0 Å². The quantitative estimate of drug-likeness (QED) is 0.779. The molecule has 0 aliphatic carbocycles. The SMILES string of the molecule is CC(O)CCN(C)S(=O)(=O)c1ccc(N)cc1F. The maximum atomic E-state index is 13.6. The number of sulfonamides is 1. The van der Waals surface area contributed by atoms with Gasteiger partial charge in [-0.1, -0.05) is 0 Å². The molecule has 0 amide bonds. The van der Waals surface area contributed by atoms with Gasteiger partial charge in [0.25, 0.3) is 0 Å². The Balaban J connectivity index is 2.98. The fourth-order valence-corrected chi connectivity index (χ4v) is 2.61. The van der Waals surface area contributed by atoms with Crippen molar-refractivity contribution in [3.8, 4) is 0 Å². The highest BCUT2D eigenvalue weighted by molar-refractivity contribution is 7.89. The first kappa shape index (κ1) is 14.9. The maximum Gasteiger partial charge on any atom is 0.245 e. The fraction of sp³-hybridized carbons (Fsp3) is 0.455. The zero-order chi connectivity index (χ0) is 13.9. The zero-order valence-corrected chi connectivity index (χ0v) is 11.1. The van der Waals surface area contributed by atoms with Gasteiger partial charge in [0.15, 0.2) is 0 Å². The van der Waals surface area contributed by atoms with Gasteiger partial charge in [-0.05, 0) is 31.5 Å². The first-order valence-corrected chi connectivity index (χ1v) is 6.88. The topological polar surface area (TPSA) is 83.6 Å². The number of halogens is 1. The molecule has 0 aliphatic rings. The van der Waals surface area contributed by atoms with Crippen molar-refractivity contribution in [2.24, 2.45) is 0 Å². The molecule has 1 rings (SSSR count). The summed E-state index contributed by atoms with van der Waals surface area (Å²) in [4.78, 5) is -0.412. The molecule has 18 heavy (non-hydrogen) atoms. The van der Waals surface area contributed by atoms with E-state index in [-0.39, 0.29) is 18.7 Å². The molecule has 1 aromatic carbocycles. The Hall–Kier alpha value is -1.18. The summed E-state index contributed by atoms with van der Waals surface area (Å²) in [5, 5.41) is 9.12. The number of hydrogen-bond acceptors (Lipinski definition) is 4. The van der Waals surface area contributed by atoms with Gasteiger partial charge in [-0.15, -0.1) is 0 Å². The minimum absolute atomic E-state index is 0.115. The largest absolute Gasteiger partial charge is 0.399 e. The average Bonchev–Trinajstić information content (AvgIpc) is 2.24. The Kier molecular flexibility index (Phi) is 4.66. The van der Waals surface area contributed by atoms with E-state index in [1.165, 1.54) is 13.1 Å². The number of benzene rings is 1. The summed E-state index contributed by atoms with van der Waals surface area (Å²) in [7, 11) is -2.55. The Morgan fingerprint density at radius 3 is 2.61 bits per heavy atom. The number of nitrogens with zero attached hydrogens (tertiary/aromatic N) is 1. The maximum absolute atomic E-state index is 13.6. The van der Waals surface area contributed by atoms with Crippen molar-refractivity contribution in [2.75, 3.05) is 19.3 Å². The third-order valence-corrected chi connectivity index (χ3v) is 4.40. The molecule has 0 aromatic heterocycles. The van der Waals surface area contributed by atoms with Crippen LogP contribution in [-0.2, 0) is 10.0 Å². The molecule has 0 heterocycles. The molecule has 1 atom stereocenters. The van der Waals surface area contributed by atoms with Gasteiger partial charge in [-0.2, -0.15) is 0 Å². The lowest BCUT2D eigenvalue weighted by atomic mass is 10.3. The Morgan fingerprint density at radius 2 is 2.11 bits per heavy atom. The summed E-state index contributed by atoms with van der Waals surface area (Å²) in [5.74, 6) is -0.876. The molecule has 1 aromatic rings. The summed E-state index contributed by atoms with van der Waals surface area (Å²) < 4.78 is 38.7. The van der Waals surface area contributed by atoms with Crippen LogP contribution < -0.4 is 5.73 Å². The van der Waals surface area contributed by atoms with Gasteiger partial charge in [-0.3, -0.25) is 0 Å². The Bertz CT molecular complexity index is 517. The minimum Gasteiger partial charge on any atom is -0.399 e. The van der Waals surface area contributed by atoms with Crippen LogP contribution in [0.15, 0.2) is 23.1 Å². The lowest BCUT2D eigenvalue weighted by Gasteiger charge is -2.18. The highest BCUT2D eigenvalue weighted by Crippen LogP contribution is 2.20. The smallest absolute Gasteiger partial charge is 0.245 e. The predicted molar refractivity (Wildman–Crippen MR) is 66.9 cm³/mol. The van der Waals surface area contributed by atoms with Crippen LogP contribution in [0.3, 0.4) is 0 Å². The van der Waals surface area contributed by atoms with Crippen LogP contribution in [0.25, 0.3) is 0 Å². The van der Waals surface area contributed by atoms with Crippen LogP contribution in [0, 0.1) is 5.82 Å². The zero-order valence-electron chi connectivity index (χ0n) is 10.3. The first-order chi connectivity index (χ1) is 8.25. The molecular formula is C11H17FN2O3S. The standard InChI is InChI=1S/C11H17FN2O3S/c1-8(15)5-6-14(2)18(16,17)11-4-3-9(13)7-10(11)12/h3-4,7-8,15H,5-6,13H2,1-2H3. The van der Waals surface area contributed by atoms with Crippen LogP contribution in [0.5, 0.6) is 0 Å². The van der Waals surface area contributed by atoms with Gasteiger partial charge in [0.2, 0.25) is 10.0 Å². The number of rotatable bonds is 5. The predicted octanol–water partition coefficient (Wildman–Crippen LogP) is 0.799. The van der Waals surface area contributed by atoms with Crippen molar-refractivity contribution >= 4 is 15.7 Å². The second-order valence-corrected chi connectivity index (χ2v) is 6.17. The summed E-state index contributed by atoms with van der Waals surface area (Å²) in [6, 6.07) is 3.44. The van der Waals surface area contributed by atoms with Crippen LogP contribution in [0.2, 0.25) is 0 Å². The van der Waals surface area contributed by atoms with E-state index in [9.17, 15) is 12.8 Å². The van der Waals surface area contributed by atoms with Gasteiger partial charge >= 0.3 is 0 Å². The van der Waals surface area contributed by atoms with Crippen molar-refractivity contribution < 1.29 is 17.9 Å². The van der Waals surface area contributed by atoms with Crippen molar-refractivity contribution in [1.82, 2.24) is 4.31 Å². The number of hydrogen-bond donors (Lipinski definition) is 2. The van der Waals surface area contributed by atoms with E-state index in [1.54, 1.807) is 6.92 Å². The normalized spacial score (nSPS) is 13.8. The van der Waals surface area contributed by atoms with Gasteiger partial charge in [0, 0.05) is 19.3 Å². The molecular weight excluding hydrogens is 259 g/mol. The molecule has 0 bridgehead atoms. The van der Waals surface area contributed by atoms with E-state index < -0.39 is 26.8 Å². The number of aliphatic hydroxyl groups excluding tert-OH is 1. The molecule has 5 nitrogen and oxygen atoms in total.